The van der Waals surface area contributed by atoms with E-state index in [1.54, 1.807) is 0 Å². The molecule has 0 aliphatic rings. The van der Waals surface area contributed by atoms with Crippen molar-refractivity contribution in [3.8, 4) is 0 Å². The highest BCUT2D eigenvalue weighted by Gasteiger charge is 2.09. The summed E-state index contributed by atoms with van der Waals surface area (Å²) in [6, 6.07) is 9.65. The molecule has 1 heteroatoms. The van der Waals surface area contributed by atoms with Gasteiger partial charge in [-0.05, 0) is 36.9 Å². The molecule has 19 heavy (non-hydrogen) atoms. The van der Waals surface area contributed by atoms with E-state index in [9.17, 15) is 0 Å². The smallest absolute Gasteiger partial charge is 0.0317 e. The lowest BCUT2D eigenvalue weighted by atomic mass is 9.95. The summed E-state index contributed by atoms with van der Waals surface area (Å²) in [6.07, 6.45) is 7.80. The van der Waals surface area contributed by atoms with Crippen molar-refractivity contribution in [2.45, 2.75) is 65.3 Å². The van der Waals surface area contributed by atoms with E-state index >= 15 is 0 Å². The first kappa shape index (κ1) is 16.2. The second kappa shape index (κ2) is 9.14. The molecule has 1 N–H and O–H groups in total. The van der Waals surface area contributed by atoms with Crippen LogP contribution in [0.4, 0.5) is 0 Å². The first-order chi connectivity index (χ1) is 9.17. The monoisotopic (exact) mass is 261 g/mol. The van der Waals surface area contributed by atoms with Crippen LogP contribution in [0.3, 0.4) is 0 Å². The maximum atomic E-state index is 3.48. The van der Waals surface area contributed by atoms with Gasteiger partial charge in [0.1, 0.15) is 0 Å². The molecule has 0 radical (unpaired) electrons. The Balaban J connectivity index is 2.59. The molecule has 1 unspecified atom stereocenters. The van der Waals surface area contributed by atoms with Gasteiger partial charge in [-0.15, -0.1) is 0 Å². The van der Waals surface area contributed by atoms with Gasteiger partial charge in [-0.25, -0.2) is 0 Å². The molecule has 1 aromatic rings. The molecule has 0 saturated heterocycles. The molecule has 1 rings (SSSR count). The quantitative estimate of drug-likeness (QED) is 0.609. The number of benzene rings is 1. The first-order valence-electron chi connectivity index (χ1n) is 7.93. The predicted molar refractivity (Wildman–Crippen MR) is 85.5 cm³/mol. The Kier molecular flexibility index (Phi) is 7.81. The van der Waals surface area contributed by atoms with Crippen molar-refractivity contribution >= 4 is 0 Å². The van der Waals surface area contributed by atoms with Crippen LogP contribution in [-0.4, -0.2) is 7.05 Å². The molecule has 1 atom stereocenters. The van der Waals surface area contributed by atoms with Gasteiger partial charge in [0, 0.05) is 6.04 Å². The van der Waals surface area contributed by atoms with E-state index < -0.39 is 0 Å². The summed E-state index contributed by atoms with van der Waals surface area (Å²) >= 11 is 0. The van der Waals surface area contributed by atoms with Crippen LogP contribution in [-0.2, 0) is 6.42 Å². The van der Waals surface area contributed by atoms with Crippen molar-refractivity contribution < 1.29 is 0 Å². The van der Waals surface area contributed by atoms with E-state index in [0.717, 1.165) is 5.92 Å². The first-order valence-corrected chi connectivity index (χ1v) is 7.93. The molecule has 0 aliphatic carbocycles. The minimum Gasteiger partial charge on any atom is -0.313 e. The van der Waals surface area contributed by atoms with E-state index in [4.69, 9.17) is 0 Å². The third-order valence-corrected chi connectivity index (χ3v) is 3.69. The zero-order chi connectivity index (χ0) is 14.1. The average molecular weight is 261 g/mol. The van der Waals surface area contributed by atoms with Crippen LogP contribution < -0.4 is 5.32 Å². The van der Waals surface area contributed by atoms with Crippen LogP contribution in [0.1, 0.15) is 70.0 Å². The van der Waals surface area contributed by atoms with Crippen molar-refractivity contribution in [2.24, 2.45) is 5.92 Å². The normalized spacial score (nSPS) is 12.9. The van der Waals surface area contributed by atoms with Crippen molar-refractivity contribution in [1.29, 1.82) is 0 Å². The summed E-state index contributed by atoms with van der Waals surface area (Å²) < 4.78 is 0. The SMILES string of the molecule is CCCCCCC(NC)c1cccc(CC(C)C)c1. The maximum Gasteiger partial charge on any atom is 0.0317 e. The van der Waals surface area contributed by atoms with E-state index in [2.05, 4.69) is 57.4 Å². The van der Waals surface area contributed by atoms with Crippen molar-refractivity contribution in [2.75, 3.05) is 7.05 Å². The summed E-state index contributed by atoms with van der Waals surface area (Å²) in [6.45, 7) is 6.84. The Labute approximate surface area is 119 Å². The number of nitrogens with one attached hydrogen (secondary N) is 1. The second-order valence-corrected chi connectivity index (χ2v) is 6.03. The maximum absolute atomic E-state index is 3.48. The average Bonchev–Trinajstić information content (AvgIpc) is 2.38. The Bertz CT molecular complexity index is 343. The van der Waals surface area contributed by atoms with Crippen LogP contribution in [0.25, 0.3) is 0 Å². The van der Waals surface area contributed by atoms with Gasteiger partial charge in [0.2, 0.25) is 0 Å². The van der Waals surface area contributed by atoms with Gasteiger partial charge in [0.15, 0.2) is 0 Å². The zero-order valence-corrected chi connectivity index (χ0v) is 13.2. The summed E-state index contributed by atoms with van der Waals surface area (Å²) in [5.41, 5.74) is 2.93. The molecule has 0 bridgehead atoms. The van der Waals surface area contributed by atoms with Crippen molar-refractivity contribution in [3.63, 3.8) is 0 Å². The Morgan fingerprint density at radius 3 is 2.53 bits per heavy atom. The van der Waals surface area contributed by atoms with E-state index in [-0.39, 0.29) is 0 Å². The minimum absolute atomic E-state index is 0.518. The third kappa shape index (κ3) is 6.24. The van der Waals surface area contributed by atoms with Crippen molar-refractivity contribution in [3.05, 3.63) is 35.4 Å². The Hall–Kier alpha value is -0.820. The molecule has 0 aliphatic heterocycles. The second-order valence-electron chi connectivity index (χ2n) is 6.03. The molecule has 1 aromatic carbocycles. The molecular formula is C18H31N. The summed E-state index contributed by atoms with van der Waals surface area (Å²) in [5.74, 6) is 0.729. The third-order valence-electron chi connectivity index (χ3n) is 3.69. The predicted octanol–water partition coefficient (Wildman–Crippen LogP) is 5.12. The van der Waals surface area contributed by atoms with Crippen LogP contribution in [0.15, 0.2) is 24.3 Å². The molecule has 108 valence electrons. The summed E-state index contributed by atoms with van der Waals surface area (Å²) in [4.78, 5) is 0. The van der Waals surface area contributed by atoms with Crippen LogP contribution in [0.5, 0.6) is 0 Å². The molecule has 0 heterocycles. The van der Waals surface area contributed by atoms with Gasteiger partial charge >= 0.3 is 0 Å². The van der Waals surface area contributed by atoms with E-state index in [1.807, 2.05) is 0 Å². The molecule has 0 fully saturated rings. The van der Waals surface area contributed by atoms with Gasteiger partial charge in [0.25, 0.3) is 0 Å². The topological polar surface area (TPSA) is 12.0 Å². The molecule has 1 nitrogen and oxygen atoms in total. The number of hydrogen-bond acceptors (Lipinski definition) is 1. The number of unbranched alkanes of at least 4 members (excludes halogenated alkanes) is 3. The molecule has 0 aromatic heterocycles. The minimum atomic E-state index is 0.518. The largest absolute Gasteiger partial charge is 0.313 e. The standard InChI is InChI=1S/C18H31N/c1-5-6-7-8-12-18(19-4)17-11-9-10-16(14-17)13-15(2)3/h9-11,14-15,18-19H,5-8,12-13H2,1-4H3. The lowest BCUT2D eigenvalue weighted by Gasteiger charge is -2.18. The van der Waals surface area contributed by atoms with E-state index in [1.165, 1.54) is 49.7 Å². The molecular weight excluding hydrogens is 230 g/mol. The molecule has 0 spiro atoms. The molecule has 0 saturated carbocycles. The van der Waals surface area contributed by atoms with Gasteiger partial charge in [-0.1, -0.05) is 70.7 Å². The summed E-state index contributed by atoms with van der Waals surface area (Å²) in [5, 5.41) is 3.48. The lowest BCUT2D eigenvalue weighted by Crippen LogP contribution is -2.16. The fourth-order valence-electron chi connectivity index (χ4n) is 2.66. The fraction of sp³-hybridized carbons (Fsp3) is 0.667. The highest BCUT2D eigenvalue weighted by Crippen LogP contribution is 2.21. The van der Waals surface area contributed by atoms with Crippen LogP contribution >= 0.6 is 0 Å². The lowest BCUT2D eigenvalue weighted by molar-refractivity contribution is 0.504. The van der Waals surface area contributed by atoms with Gasteiger partial charge in [0.05, 0.1) is 0 Å². The van der Waals surface area contributed by atoms with E-state index in [0.29, 0.717) is 6.04 Å². The van der Waals surface area contributed by atoms with Crippen molar-refractivity contribution in [1.82, 2.24) is 5.32 Å². The fourth-order valence-corrected chi connectivity index (χ4v) is 2.66. The number of rotatable bonds is 9. The highest BCUT2D eigenvalue weighted by atomic mass is 14.9. The molecule has 0 amide bonds. The van der Waals surface area contributed by atoms with Crippen LogP contribution in [0, 0.1) is 5.92 Å². The number of hydrogen-bond donors (Lipinski definition) is 1. The van der Waals surface area contributed by atoms with Gasteiger partial charge < -0.3 is 5.32 Å². The van der Waals surface area contributed by atoms with Gasteiger partial charge in [-0.3, -0.25) is 0 Å². The Morgan fingerprint density at radius 1 is 1.11 bits per heavy atom. The van der Waals surface area contributed by atoms with Crippen LogP contribution in [0.2, 0.25) is 0 Å². The summed E-state index contributed by atoms with van der Waals surface area (Å²) in [7, 11) is 2.08. The zero-order valence-electron chi connectivity index (χ0n) is 13.2. The Morgan fingerprint density at radius 2 is 1.89 bits per heavy atom. The van der Waals surface area contributed by atoms with Gasteiger partial charge in [-0.2, -0.15) is 0 Å². The highest BCUT2D eigenvalue weighted by molar-refractivity contribution is 5.26.